The second-order valence-corrected chi connectivity index (χ2v) is 10.9. The third-order valence-electron chi connectivity index (χ3n) is 6.37. The molecule has 0 unspecified atom stereocenters. The number of hydrogen-bond donors (Lipinski definition) is 2. The molecule has 1 aliphatic rings. The van der Waals surface area contributed by atoms with Crippen molar-refractivity contribution in [3.63, 3.8) is 0 Å². The number of nitrogens with two attached hydrogens (primary N) is 1. The molecule has 2 aromatic heterocycles. The zero-order chi connectivity index (χ0) is 25.7. The molecule has 1 aliphatic carbocycles. The molecule has 0 bridgehead atoms. The molecule has 7 nitrogen and oxygen atoms in total. The number of pyridine rings is 1. The highest BCUT2D eigenvalue weighted by Crippen LogP contribution is 2.36. The summed E-state index contributed by atoms with van der Waals surface area (Å²) in [5, 5.41) is -0.554. The first kappa shape index (κ1) is 23.1. The summed E-state index contributed by atoms with van der Waals surface area (Å²) in [6, 6.07) is 17.9. The van der Waals surface area contributed by atoms with Crippen molar-refractivity contribution in [2.75, 3.05) is 10.5 Å². The number of nitrogens with zero attached hydrogens (tertiary/aromatic N) is 3. The fourth-order valence-corrected chi connectivity index (χ4v) is 5.72. The Morgan fingerprint density at radius 3 is 2.46 bits per heavy atom. The number of anilines is 2. The lowest BCUT2D eigenvalue weighted by Crippen LogP contribution is -2.18. The number of hydrogen-bond acceptors (Lipinski definition) is 5. The second kappa shape index (κ2) is 8.67. The Bertz CT molecular complexity index is 1780. The van der Waals surface area contributed by atoms with Gasteiger partial charge in [0.05, 0.1) is 27.7 Å². The molecule has 6 rings (SSSR count). The molecule has 186 valence electrons. The van der Waals surface area contributed by atoms with Crippen LogP contribution in [0.3, 0.4) is 0 Å². The maximum Gasteiger partial charge on any atom is 0.235 e. The summed E-state index contributed by atoms with van der Waals surface area (Å²) >= 11 is 0. The number of fused-ring (bicyclic) bond motifs is 1. The van der Waals surface area contributed by atoms with Crippen LogP contribution in [0.5, 0.6) is 0 Å². The van der Waals surface area contributed by atoms with Crippen LogP contribution < -0.4 is 10.5 Å². The number of benzene rings is 3. The van der Waals surface area contributed by atoms with Gasteiger partial charge in [0, 0.05) is 11.8 Å². The van der Waals surface area contributed by atoms with Crippen LogP contribution in [-0.4, -0.2) is 28.2 Å². The van der Waals surface area contributed by atoms with Crippen molar-refractivity contribution in [2.24, 2.45) is 0 Å². The predicted octanol–water partition coefficient (Wildman–Crippen LogP) is 5.52. The minimum atomic E-state index is -3.76. The fraction of sp³-hybridized carbons (Fsp3) is 0.111. The lowest BCUT2D eigenvalue weighted by atomic mass is 10.0. The quantitative estimate of drug-likeness (QED) is 0.309. The summed E-state index contributed by atoms with van der Waals surface area (Å²) in [5.74, 6) is -0.904. The Hall–Kier alpha value is -4.31. The van der Waals surface area contributed by atoms with E-state index in [1.165, 1.54) is 29.1 Å². The molecule has 5 aromatic rings. The molecule has 0 spiro atoms. The third-order valence-corrected chi connectivity index (χ3v) is 8.23. The first-order chi connectivity index (χ1) is 17.8. The number of aromatic nitrogens is 3. The standard InChI is InChI=1S/C27H21F2N5O2S/c28-21-4-2-1-3-20(21)18-12-23(33-37(35,36)19-6-7-19)27(29)25(13-18)34-15-32-22-11-16(5-8-24(22)34)17-9-10-31-26(30)14-17/h1-5,8-15,19,33H,6-7H2,(H2,30,31). The van der Waals surface area contributed by atoms with Gasteiger partial charge in [-0.2, -0.15) is 0 Å². The van der Waals surface area contributed by atoms with E-state index in [4.69, 9.17) is 5.73 Å². The van der Waals surface area contributed by atoms with Crippen LogP contribution in [0.2, 0.25) is 0 Å². The van der Waals surface area contributed by atoms with Gasteiger partial charge < -0.3 is 5.73 Å². The van der Waals surface area contributed by atoms with E-state index in [2.05, 4.69) is 14.7 Å². The summed E-state index contributed by atoms with van der Waals surface area (Å²) in [7, 11) is -3.76. The lowest BCUT2D eigenvalue weighted by molar-refractivity contribution is 0.596. The number of halogens is 2. The van der Waals surface area contributed by atoms with Crippen LogP contribution in [-0.2, 0) is 10.0 Å². The van der Waals surface area contributed by atoms with Gasteiger partial charge >= 0.3 is 0 Å². The number of imidazole rings is 1. The Morgan fingerprint density at radius 2 is 1.70 bits per heavy atom. The normalized spacial score (nSPS) is 13.7. The van der Waals surface area contributed by atoms with E-state index >= 15 is 4.39 Å². The summed E-state index contributed by atoms with van der Waals surface area (Å²) in [5.41, 5.74) is 9.04. The topological polar surface area (TPSA) is 103 Å². The molecule has 37 heavy (non-hydrogen) atoms. The minimum absolute atomic E-state index is 0.0395. The Labute approximate surface area is 211 Å². The predicted molar refractivity (Wildman–Crippen MR) is 140 cm³/mol. The molecule has 0 radical (unpaired) electrons. The highest BCUT2D eigenvalue weighted by atomic mass is 32.2. The molecule has 1 saturated carbocycles. The van der Waals surface area contributed by atoms with Crippen molar-refractivity contribution in [2.45, 2.75) is 18.1 Å². The van der Waals surface area contributed by atoms with Gasteiger partial charge in [0.2, 0.25) is 10.0 Å². The molecular weight excluding hydrogens is 496 g/mol. The highest BCUT2D eigenvalue weighted by Gasteiger charge is 2.36. The van der Waals surface area contributed by atoms with Crippen LogP contribution >= 0.6 is 0 Å². The molecule has 0 aliphatic heterocycles. The monoisotopic (exact) mass is 517 g/mol. The van der Waals surface area contributed by atoms with Gasteiger partial charge in [-0.15, -0.1) is 0 Å². The second-order valence-electron chi connectivity index (χ2n) is 8.97. The number of nitrogens with one attached hydrogen (secondary N) is 1. The summed E-state index contributed by atoms with van der Waals surface area (Å²) in [6.45, 7) is 0. The Morgan fingerprint density at radius 1 is 0.919 bits per heavy atom. The first-order valence-corrected chi connectivity index (χ1v) is 13.1. The summed E-state index contributed by atoms with van der Waals surface area (Å²) in [4.78, 5) is 8.45. The van der Waals surface area contributed by atoms with E-state index in [0.717, 1.165) is 11.1 Å². The molecule has 1 fully saturated rings. The van der Waals surface area contributed by atoms with Gasteiger partial charge in [-0.3, -0.25) is 9.29 Å². The average Bonchev–Trinajstić information content (AvgIpc) is 3.67. The molecular formula is C27H21F2N5O2S. The number of nitrogen functional groups attached to an aromatic ring is 1. The Balaban J connectivity index is 1.51. The van der Waals surface area contributed by atoms with Crippen LogP contribution in [0.1, 0.15) is 12.8 Å². The molecule has 10 heteroatoms. The van der Waals surface area contributed by atoms with E-state index in [-0.39, 0.29) is 16.9 Å². The average molecular weight is 518 g/mol. The number of sulfonamides is 1. The van der Waals surface area contributed by atoms with Gasteiger partial charge in [0.1, 0.15) is 18.0 Å². The Kier molecular flexibility index (Phi) is 5.41. The van der Waals surface area contributed by atoms with E-state index < -0.39 is 26.9 Å². The van der Waals surface area contributed by atoms with E-state index in [0.29, 0.717) is 35.3 Å². The summed E-state index contributed by atoms with van der Waals surface area (Å²) < 4.78 is 59.8. The minimum Gasteiger partial charge on any atom is -0.384 e. The van der Waals surface area contributed by atoms with Gasteiger partial charge in [-0.25, -0.2) is 27.2 Å². The van der Waals surface area contributed by atoms with Gasteiger partial charge in [0.15, 0.2) is 5.82 Å². The molecule has 0 amide bonds. The van der Waals surface area contributed by atoms with Crippen LogP contribution in [0.15, 0.2) is 79.3 Å². The smallest absolute Gasteiger partial charge is 0.235 e. The molecule has 2 heterocycles. The van der Waals surface area contributed by atoms with Crippen molar-refractivity contribution in [3.05, 3.63) is 90.9 Å². The van der Waals surface area contributed by atoms with Gasteiger partial charge in [-0.1, -0.05) is 24.3 Å². The maximum atomic E-state index is 15.9. The van der Waals surface area contributed by atoms with Crippen molar-refractivity contribution in [1.82, 2.24) is 14.5 Å². The molecule has 0 atom stereocenters. The van der Waals surface area contributed by atoms with Crippen LogP contribution in [0.25, 0.3) is 39.0 Å². The van der Waals surface area contributed by atoms with Crippen molar-refractivity contribution < 1.29 is 17.2 Å². The fourth-order valence-electron chi connectivity index (χ4n) is 4.34. The molecule has 3 N–H and O–H groups in total. The molecule has 0 saturated heterocycles. The summed E-state index contributed by atoms with van der Waals surface area (Å²) in [6.07, 6.45) is 4.11. The van der Waals surface area contributed by atoms with Crippen LogP contribution in [0.4, 0.5) is 20.3 Å². The third kappa shape index (κ3) is 4.29. The van der Waals surface area contributed by atoms with Crippen LogP contribution in [0, 0.1) is 11.6 Å². The van der Waals surface area contributed by atoms with E-state index in [9.17, 15) is 12.8 Å². The maximum absolute atomic E-state index is 15.9. The first-order valence-electron chi connectivity index (χ1n) is 11.6. The van der Waals surface area contributed by atoms with Gasteiger partial charge in [-0.05, 0) is 72.0 Å². The van der Waals surface area contributed by atoms with E-state index in [1.807, 2.05) is 18.2 Å². The SMILES string of the molecule is Nc1cc(-c2ccc3c(c2)ncn3-c2cc(-c3ccccc3F)cc(NS(=O)(=O)C3CC3)c2F)ccn1. The van der Waals surface area contributed by atoms with Crippen molar-refractivity contribution in [3.8, 4) is 27.9 Å². The lowest BCUT2D eigenvalue weighted by Gasteiger charge is -2.15. The number of rotatable bonds is 6. The van der Waals surface area contributed by atoms with E-state index in [1.54, 1.807) is 36.5 Å². The molecule has 3 aromatic carbocycles. The van der Waals surface area contributed by atoms with Crippen molar-refractivity contribution >= 4 is 32.6 Å². The largest absolute Gasteiger partial charge is 0.384 e. The van der Waals surface area contributed by atoms with Gasteiger partial charge in [0.25, 0.3) is 0 Å². The zero-order valence-corrected chi connectivity index (χ0v) is 20.2. The highest BCUT2D eigenvalue weighted by molar-refractivity contribution is 7.93. The van der Waals surface area contributed by atoms with Crippen molar-refractivity contribution in [1.29, 1.82) is 0 Å². The zero-order valence-electron chi connectivity index (χ0n) is 19.4.